The van der Waals surface area contributed by atoms with Crippen molar-refractivity contribution >= 4 is 11.8 Å². The van der Waals surface area contributed by atoms with Gasteiger partial charge in [0.25, 0.3) is 0 Å². The molecule has 4 nitrogen and oxygen atoms in total. The summed E-state index contributed by atoms with van der Waals surface area (Å²) in [5.41, 5.74) is -0.435. The molecule has 0 aromatic heterocycles. The molecule has 0 aromatic rings. The van der Waals surface area contributed by atoms with E-state index >= 15 is 0 Å². The Morgan fingerprint density at radius 2 is 2.30 bits per heavy atom. The monoisotopic (exact) mass is 167 g/mol. The van der Waals surface area contributed by atoms with E-state index in [0.717, 1.165) is 0 Å². The highest BCUT2D eigenvalue weighted by atomic mass is 32.2. The molecule has 62 valence electrons. The molecule has 0 heterocycles. The van der Waals surface area contributed by atoms with Gasteiger partial charge in [-0.2, -0.15) is 0 Å². The summed E-state index contributed by atoms with van der Waals surface area (Å²) < 4.78 is 5.06. The van der Waals surface area contributed by atoms with Gasteiger partial charge in [-0.1, -0.05) is 0 Å². The van der Waals surface area contributed by atoms with Gasteiger partial charge in [-0.25, -0.2) is 0 Å². The Morgan fingerprint density at radius 3 is 2.60 bits per heavy atom. The highest BCUT2D eigenvalue weighted by Crippen LogP contribution is 2.10. The van der Waals surface area contributed by atoms with Gasteiger partial charge >= 0.3 is 0 Å². The summed E-state index contributed by atoms with van der Waals surface area (Å²) in [5.74, 6) is 0. The first-order valence-corrected chi connectivity index (χ1v) is 4.21. The maximum Gasteiger partial charge on any atom is 0.206 e. The van der Waals surface area contributed by atoms with E-state index in [2.05, 4.69) is 4.84 Å². The van der Waals surface area contributed by atoms with Gasteiger partial charge in [0, 0.05) is 6.61 Å². The molecule has 0 radical (unpaired) electrons. The molecule has 0 aliphatic heterocycles. The largest absolute Gasteiger partial charge is 0.350 e. The second-order valence-electron chi connectivity index (χ2n) is 1.48. The minimum absolute atomic E-state index is 0.435. The molecule has 0 fully saturated rings. The van der Waals surface area contributed by atoms with Gasteiger partial charge in [-0.3, -0.25) is 10.0 Å². The second kappa shape index (κ2) is 5.94. The van der Waals surface area contributed by atoms with Crippen molar-refractivity contribution in [3.63, 3.8) is 0 Å². The van der Waals surface area contributed by atoms with Gasteiger partial charge in [0.1, 0.15) is 0 Å². The summed E-state index contributed by atoms with van der Waals surface area (Å²) in [6.45, 7) is 2.40. The molecule has 10 heavy (non-hydrogen) atoms. The molecular formula is C5H13NO3S. The number of hydrogen-bond acceptors (Lipinski definition) is 5. The topological polar surface area (TPSA) is 41.9 Å². The van der Waals surface area contributed by atoms with Crippen LogP contribution in [0, 0.1) is 0 Å². The van der Waals surface area contributed by atoms with E-state index in [0.29, 0.717) is 11.8 Å². The van der Waals surface area contributed by atoms with Crippen LogP contribution in [0.5, 0.6) is 0 Å². The van der Waals surface area contributed by atoms with Gasteiger partial charge in [0.05, 0.1) is 7.11 Å². The number of rotatable bonds is 5. The van der Waals surface area contributed by atoms with E-state index in [1.165, 1.54) is 18.9 Å². The SMILES string of the molecule is CCOC(SC)N(O)OC. The second-order valence-corrected chi connectivity index (χ2v) is 2.36. The molecule has 0 saturated heterocycles. The summed E-state index contributed by atoms with van der Waals surface area (Å²) in [7, 11) is 1.38. The van der Waals surface area contributed by atoms with E-state index in [-0.39, 0.29) is 0 Å². The molecule has 0 aliphatic rings. The molecule has 1 N–H and O–H groups in total. The highest BCUT2D eigenvalue weighted by Gasteiger charge is 2.13. The lowest BCUT2D eigenvalue weighted by molar-refractivity contribution is -0.368. The number of hydroxylamine groups is 2. The molecule has 0 aromatic carbocycles. The summed E-state index contributed by atoms with van der Waals surface area (Å²) in [6.07, 6.45) is 1.82. The van der Waals surface area contributed by atoms with Crippen LogP contribution in [0.25, 0.3) is 0 Å². The zero-order chi connectivity index (χ0) is 7.98. The van der Waals surface area contributed by atoms with Crippen LogP contribution in [0.4, 0.5) is 0 Å². The van der Waals surface area contributed by atoms with Crippen molar-refractivity contribution < 1.29 is 14.8 Å². The third-order valence-corrected chi connectivity index (χ3v) is 1.60. The van der Waals surface area contributed by atoms with Gasteiger partial charge in [-0.05, 0) is 18.4 Å². The van der Waals surface area contributed by atoms with Gasteiger partial charge in [0.15, 0.2) is 0 Å². The first kappa shape index (κ1) is 10.2. The van der Waals surface area contributed by atoms with Crippen LogP contribution in [0.2, 0.25) is 0 Å². The van der Waals surface area contributed by atoms with E-state index in [9.17, 15) is 0 Å². The molecule has 0 rings (SSSR count). The fourth-order valence-corrected chi connectivity index (χ4v) is 0.989. The summed E-state index contributed by atoms with van der Waals surface area (Å²) in [6, 6.07) is 0. The quantitative estimate of drug-likeness (QED) is 0.487. The standard InChI is InChI=1S/C5H13NO3S/c1-4-9-5(10-3)6(7)8-2/h5,7H,4H2,1-3H3. The average molecular weight is 167 g/mol. The van der Waals surface area contributed by atoms with Crippen LogP contribution in [0.1, 0.15) is 6.92 Å². The summed E-state index contributed by atoms with van der Waals surface area (Å²) in [5, 5.41) is 9.59. The number of hydrogen-bond donors (Lipinski definition) is 1. The molecule has 0 aliphatic carbocycles. The normalized spacial score (nSPS) is 14.1. The molecule has 0 amide bonds. The Balaban J connectivity index is 3.56. The van der Waals surface area contributed by atoms with Crippen LogP contribution in [0.15, 0.2) is 0 Å². The third-order valence-electron chi connectivity index (χ3n) is 0.878. The van der Waals surface area contributed by atoms with Crippen molar-refractivity contribution in [2.75, 3.05) is 20.0 Å². The minimum Gasteiger partial charge on any atom is -0.350 e. The van der Waals surface area contributed by atoms with E-state index < -0.39 is 5.56 Å². The molecular weight excluding hydrogens is 154 g/mol. The van der Waals surface area contributed by atoms with Crippen molar-refractivity contribution in [2.45, 2.75) is 12.5 Å². The molecule has 0 spiro atoms. The van der Waals surface area contributed by atoms with Crippen LogP contribution < -0.4 is 0 Å². The Hall–Kier alpha value is 0.190. The highest BCUT2D eigenvalue weighted by molar-refractivity contribution is 7.99. The fraction of sp³-hybridized carbons (Fsp3) is 1.00. The first-order chi connectivity index (χ1) is 4.76. The van der Waals surface area contributed by atoms with Crippen molar-refractivity contribution in [1.29, 1.82) is 0 Å². The maximum atomic E-state index is 8.91. The Kier molecular flexibility index (Phi) is 6.05. The third kappa shape index (κ3) is 3.38. The van der Waals surface area contributed by atoms with E-state index in [1.807, 2.05) is 13.2 Å². The van der Waals surface area contributed by atoms with Crippen molar-refractivity contribution in [3.05, 3.63) is 0 Å². The first-order valence-electron chi connectivity index (χ1n) is 2.92. The van der Waals surface area contributed by atoms with Gasteiger partial charge < -0.3 is 4.74 Å². The Bertz CT molecular complexity index is 83.3. The lowest BCUT2D eigenvalue weighted by Gasteiger charge is -2.20. The van der Waals surface area contributed by atoms with Crippen LogP contribution in [-0.2, 0) is 9.57 Å². The van der Waals surface area contributed by atoms with Crippen LogP contribution in [-0.4, -0.2) is 36.0 Å². The number of ether oxygens (including phenoxy) is 1. The molecule has 0 bridgehead atoms. The lowest BCUT2D eigenvalue weighted by Crippen LogP contribution is -2.30. The molecule has 1 unspecified atom stereocenters. The molecule has 1 atom stereocenters. The molecule has 5 heteroatoms. The fourth-order valence-electron chi connectivity index (χ4n) is 0.451. The van der Waals surface area contributed by atoms with Gasteiger partial charge in [0.2, 0.25) is 5.56 Å². The van der Waals surface area contributed by atoms with Crippen molar-refractivity contribution in [2.24, 2.45) is 0 Å². The van der Waals surface area contributed by atoms with Crippen LogP contribution in [0.3, 0.4) is 0 Å². The van der Waals surface area contributed by atoms with E-state index in [4.69, 9.17) is 9.94 Å². The van der Waals surface area contributed by atoms with Crippen molar-refractivity contribution in [1.82, 2.24) is 5.23 Å². The minimum atomic E-state index is -0.435. The smallest absolute Gasteiger partial charge is 0.206 e. The summed E-state index contributed by atoms with van der Waals surface area (Å²) in [4.78, 5) is 4.50. The van der Waals surface area contributed by atoms with Crippen molar-refractivity contribution in [3.8, 4) is 0 Å². The number of thioether (sulfide) groups is 1. The lowest BCUT2D eigenvalue weighted by atomic mass is 10.9. The van der Waals surface area contributed by atoms with Crippen LogP contribution >= 0.6 is 11.8 Å². The van der Waals surface area contributed by atoms with E-state index in [1.54, 1.807) is 0 Å². The zero-order valence-corrected chi connectivity index (χ0v) is 7.22. The Morgan fingerprint density at radius 1 is 1.70 bits per heavy atom. The Labute approximate surface area is 65.0 Å². The predicted octanol–water partition coefficient (Wildman–Crippen LogP) is 0.922. The molecule has 0 saturated carbocycles. The average Bonchev–Trinajstić information content (AvgIpc) is 1.99. The summed E-state index contributed by atoms with van der Waals surface area (Å²) >= 11 is 1.36. The predicted molar refractivity (Wildman–Crippen MR) is 39.6 cm³/mol. The maximum absolute atomic E-state index is 8.91. The number of nitrogens with zero attached hydrogens (tertiary/aromatic N) is 1. The zero-order valence-electron chi connectivity index (χ0n) is 6.40. The van der Waals surface area contributed by atoms with Gasteiger partial charge in [-0.15, -0.1) is 11.8 Å².